The number of carbonyl (C=O) groups is 3. The molecule has 0 radical (unpaired) electrons. The van der Waals surface area contributed by atoms with Crippen LogP contribution in [0.2, 0.25) is 0 Å². The van der Waals surface area contributed by atoms with Gasteiger partial charge in [0.15, 0.2) is 17.3 Å². The first-order chi connectivity index (χ1) is 16.5. The zero-order valence-corrected chi connectivity index (χ0v) is 18.9. The van der Waals surface area contributed by atoms with Crippen LogP contribution in [-0.4, -0.2) is 36.5 Å². The third kappa shape index (κ3) is 2.47. The molecule has 1 fully saturated rings. The second-order valence-electron chi connectivity index (χ2n) is 9.15. The van der Waals surface area contributed by atoms with Crippen LogP contribution >= 0.6 is 0 Å². The maximum Gasteiger partial charge on any atom is 0.180 e. The number of carbonyl (C=O) groups excluding carboxylic acids is 3. The summed E-state index contributed by atoms with van der Waals surface area (Å²) in [7, 11) is 1.59. The number of para-hydroxylation sites is 1. The lowest BCUT2D eigenvalue weighted by Crippen LogP contribution is -2.48. The quantitative estimate of drug-likeness (QED) is 0.542. The Balaban J connectivity index is 1.66. The van der Waals surface area contributed by atoms with Crippen molar-refractivity contribution < 1.29 is 19.1 Å². The molecule has 0 N–H and O–H groups in total. The molecule has 3 aromatic carbocycles. The molecule has 3 atom stereocenters. The molecule has 34 heavy (non-hydrogen) atoms. The average Bonchev–Trinajstić information content (AvgIpc) is 3.31. The number of hydrogen-bond acceptors (Lipinski definition) is 5. The fraction of sp³-hybridized carbons (Fsp3) is 0.207. The molecule has 1 aliphatic carbocycles. The highest BCUT2D eigenvalue weighted by Gasteiger charge is 2.71. The van der Waals surface area contributed by atoms with E-state index in [1.807, 2.05) is 65.6 Å². The lowest BCUT2D eigenvalue weighted by atomic mass is 9.64. The van der Waals surface area contributed by atoms with Crippen molar-refractivity contribution in [3.05, 3.63) is 101 Å². The molecule has 5 nitrogen and oxygen atoms in total. The Morgan fingerprint density at radius 2 is 1.50 bits per heavy atom. The number of Topliss-reactive ketones (excluding diaryl/α,β-unsaturated/α-hetero) is 3. The van der Waals surface area contributed by atoms with Crippen molar-refractivity contribution in [1.29, 1.82) is 0 Å². The van der Waals surface area contributed by atoms with Gasteiger partial charge in [0.1, 0.15) is 11.2 Å². The highest BCUT2D eigenvalue weighted by Crippen LogP contribution is 2.60. The third-order valence-electron chi connectivity index (χ3n) is 7.60. The van der Waals surface area contributed by atoms with E-state index < -0.39 is 23.4 Å². The summed E-state index contributed by atoms with van der Waals surface area (Å²) in [6, 6.07) is 21.0. The minimum Gasteiger partial charge on any atom is -0.497 e. The second-order valence-corrected chi connectivity index (χ2v) is 9.15. The molecule has 0 unspecified atom stereocenters. The van der Waals surface area contributed by atoms with E-state index in [9.17, 15) is 14.4 Å². The first kappa shape index (κ1) is 20.6. The van der Waals surface area contributed by atoms with E-state index in [0.29, 0.717) is 16.9 Å². The molecular formula is C29H23NO4. The Morgan fingerprint density at radius 1 is 0.882 bits per heavy atom. The highest BCUT2D eigenvalue weighted by molar-refractivity contribution is 6.32. The van der Waals surface area contributed by atoms with Crippen molar-refractivity contribution in [3.8, 4) is 5.75 Å². The first-order valence-corrected chi connectivity index (χ1v) is 11.4. The van der Waals surface area contributed by atoms with Gasteiger partial charge in [-0.3, -0.25) is 14.4 Å². The highest BCUT2D eigenvalue weighted by atomic mass is 16.5. The number of ketones is 3. The molecule has 3 aromatic rings. The Labute approximate surface area is 197 Å². The zero-order valence-electron chi connectivity index (χ0n) is 18.9. The Kier molecular flexibility index (Phi) is 4.40. The number of rotatable bonds is 3. The van der Waals surface area contributed by atoms with Gasteiger partial charge in [-0.2, -0.15) is 0 Å². The van der Waals surface area contributed by atoms with Gasteiger partial charge in [0.25, 0.3) is 0 Å². The molecule has 0 amide bonds. The van der Waals surface area contributed by atoms with E-state index in [-0.39, 0.29) is 17.3 Å². The Hall–Kier alpha value is -3.99. The normalized spacial score (nSPS) is 23.6. The van der Waals surface area contributed by atoms with E-state index >= 15 is 0 Å². The van der Waals surface area contributed by atoms with Gasteiger partial charge in [-0.25, -0.2) is 0 Å². The van der Waals surface area contributed by atoms with Crippen LogP contribution in [-0.2, 0) is 4.79 Å². The van der Waals surface area contributed by atoms with Gasteiger partial charge in [-0.05, 0) is 36.2 Å². The summed E-state index contributed by atoms with van der Waals surface area (Å²) >= 11 is 0. The van der Waals surface area contributed by atoms with Gasteiger partial charge in [0.2, 0.25) is 0 Å². The Morgan fingerprint density at radius 3 is 2.12 bits per heavy atom. The van der Waals surface area contributed by atoms with Gasteiger partial charge in [0.05, 0.1) is 19.2 Å². The smallest absolute Gasteiger partial charge is 0.180 e. The molecule has 168 valence electrons. The number of hydrogen-bond donors (Lipinski definition) is 0. The Bertz CT molecular complexity index is 1350. The van der Waals surface area contributed by atoms with Crippen LogP contribution < -0.4 is 9.64 Å². The zero-order chi connectivity index (χ0) is 23.6. The predicted octanol–water partition coefficient (Wildman–Crippen LogP) is 4.72. The van der Waals surface area contributed by atoms with Crippen molar-refractivity contribution in [2.24, 2.45) is 5.41 Å². The molecule has 5 heteroatoms. The largest absolute Gasteiger partial charge is 0.497 e. The molecule has 3 aliphatic rings. The maximum atomic E-state index is 14.3. The summed E-state index contributed by atoms with van der Waals surface area (Å²) in [5, 5.41) is 0. The molecule has 0 saturated carbocycles. The van der Waals surface area contributed by atoms with Gasteiger partial charge in [-0.15, -0.1) is 0 Å². The minimum atomic E-state index is -1.43. The number of fused-ring (bicyclic) bond motifs is 5. The molecule has 2 heterocycles. The fourth-order valence-electron chi connectivity index (χ4n) is 6.25. The van der Waals surface area contributed by atoms with E-state index in [2.05, 4.69) is 0 Å². The van der Waals surface area contributed by atoms with Gasteiger partial charge in [0, 0.05) is 22.7 Å². The van der Waals surface area contributed by atoms with E-state index in [4.69, 9.17) is 4.74 Å². The maximum absolute atomic E-state index is 14.3. The molecule has 0 bridgehead atoms. The summed E-state index contributed by atoms with van der Waals surface area (Å²) in [6.07, 6.45) is 3.90. The lowest BCUT2D eigenvalue weighted by molar-refractivity contribution is -0.118. The third-order valence-corrected chi connectivity index (χ3v) is 7.60. The number of benzene rings is 3. The fourth-order valence-corrected chi connectivity index (χ4v) is 6.25. The van der Waals surface area contributed by atoms with Crippen LogP contribution in [0.1, 0.15) is 44.7 Å². The second kappa shape index (κ2) is 7.26. The minimum absolute atomic E-state index is 0.0793. The number of ether oxygens (including phenoxy) is 1. The summed E-state index contributed by atoms with van der Waals surface area (Å²) in [5.74, 6) is -0.479. The van der Waals surface area contributed by atoms with Crippen LogP contribution in [0.15, 0.2) is 78.9 Å². The van der Waals surface area contributed by atoms with Crippen molar-refractivity contribution in [2.45, 2.75) is 24.9 Å². The predicted molar refractivity (Wildman–Crippen MR) is 129 cm³/mol. The van der Waals surface area contributed by atoms with Gasteiger partial charge in [-0.1, -0.05) is 66.7 Å². The topological polar surface area (TPSA) is 63.7 Å². The van der Waals surface area contributed by atoms with Gasteiger partial charge < -0.3 is 9.64 Å². The number of methoxy groups -OCH3 is 1. The van der Waals surface area contributed by atoms with Crippen LogP contribution in [0.4, 0.5) is 5.69 Å². The van der Waals surface area contributed by atoms with Gasteiger partial charge >= 0.3 is 0 Å². The molecule has 1 spiro atoms. The summed E-state index contributed by atoms with van der Waals surface area (Å²) < 4.78 is 5.33. The van der Waals surface area contributed by atoms with Crippen molar-refractivity contribution in [2.75, 3.05) is 12.0 Å². The van der Waals surface area contributed by atoms with Crippen LogP contribution in [0.25, 0.3) is 6.08 Å². The number of anilines is 1. The standard InChI is InChI=1S/C29H23NO4/c1-17(31)26-25(19-11-14-20(34-2)15-12-19)29(27(32)21-8-4-5-9-22(21)28(29)33)24-16-13-18-7-3-6-10-23(18)30(24)26/h3-16,24-26H,1-2H3/t24-,25+,26-/m0/s1. The lowest BCUT2D eigenvalue weighted by Gasteiger charge is -2.37. The molecular weight excluding hydrogens is 426 g/mol. The summed E-state index contributed by atoms with van der Waals surface area (Å²) in [6.45, 7) is 1.55. The molecule has 2 aliphatic heterocycles. The van der Waals surface area contributed by atoms with Crippen LogP contribution in [0.3, 0.4) is 0 Å². The first-order valence-electron chi connectivity index (χ1n) is 11.4. The van der Waals surface area contributed by atoms with Crippen molar-refractivity contribution in [1.82, 2.24) is 0 Å². The van der Waals surface area contributed by atoms with E-state index in [1.165, 1.54) is 0 Å². The molecule has 1 saturated heterocycles. The molecule has 0 aromatic heterocycles. The SMILES string of the molecule is COc1ccc([C@@H]2[C@H](C(C)=O)N3c4ccccc4C=C[C@H]3C23C(=O)c2ccccc2C3=O)cc1. The number of nitrogens with zero attached hydrogens (tertiary/aromatic N) is 1. The van der Waals surface area contributed by atoms with Crippen LogP contribution in [0.5, 0.6) is 5.75 Å². The van der Waals surface area contributed by atoms with Crippen molar-refractivity contribution in [3.63, 3.8) is 0 Å². The molecule has 6 rings (SSSR count). The monoisotopic (exact) mass is 449 g/mol. The summed E-state index contributed by atoms with van der Waals surface area (Å²) in [4.78, 5) is 43.9. The van der Waals surface area contributed by atoms with Crippen molar-refractivity contribution >= 4 is 29.1 Å². The van der Waals surface area contributed by atoms with E-state index in [1.54, 1.807) is 38.3 Å². The average molecular weight is 450 g/mol. The van der Waals surface area contributed by atoms with E-state index in [0.717, 1.165) is 16.8 Å². The summed E-state index contributed by atoms with van der Waals surface area (Å²) in [5.41, 5.74) is 2.03. The van der Waals surface area contributed by atoms with Crippen LogP contribution in [0, 0.1) is 5.41 Å².